The van der Waals surface area contributed by atoms with Crippen molar-refractivity contribution in [2.45, 2.75) is 10.5 Å². The Morgan fingerprint density at radius 2 is 1.12 bits per heavy atom. The number of thioether (sulfide) groups is 3. The zero-order valence-corrected chi connectivity index (χ0v) is 15.9. The predicted molar refractivity (Wildman–Crippen MR) is 105 cm³/mol. The van der Waals surface area contributed by atoms with Crippen molar-refractivity contribution in [3.63, 3.8) is 0 Å². The van der Waals surface area contributed by atoms with E-state index in [0.717, 1.165) is 34.5 Å². The molecule has 0 aliphatic carbocycles. The Labute approximate surface area is 141 Å². The van der Waals surface area contributed by atoms with Gasteiger partial charge in [-0.05, 0) is 11.5 Å². The molecular weight excluding hydrogens is 345 g/mol. The minimum atomic E-state index is 0.658. The fourth-order valence-electron chi connectivity index (χ4n) is 1.08. The minimum Gasteiger partial charge on any atom is -0.179 e. The summed E-state index contributed by atoms with van der Waals surface area (Å²) in [7, 11) is 0. The summed E-state index contributed by atoms with van der Waals surface area (Å²) in [6.45, 7) is 0. The highest BCUT2D eigenvalue weighted by Crippen LogP contribution is 2.22. The van der Waals surface area contributed by atoms with Crippen molar-refractivity contribution >= 4 is 85.8 Å². The van der Waals surface area contributed by atoms with Crippen molar-refractivity contribution in [3.05, 3.63) is 0 Å². The SMILES string of the molecule is SCCS[C@@H](CS)CSC[C@H](CS)SCCS. The molecule has 0 saturated heterocycles. The molecule has 0 aromatic rings. The third-order valence-electron chi connectivity index (χ3n) is 1.90. The summed E-state index contributed by atoms with van der Waals surface area (Å²) in [4.78, 5) is 0. The first-order chi connectivity index (χ1) is 8.28. The normalized spacial score (nSPS) is 14.8. The summed E-state index contributed by atoms with van der Waals surface area (Å²) < 4.78 is 0. The molecule has 0 N–H and O–H groups in total. The van der Waals surface area contributed by atoms with Crippen LogP contribution in [0.25, 0.3) is 0 Å². The first kappa shape index (κ1) is 19.4. The second-order valence-electron chi connectivity index (χ2n) is 3.34. The van der Waals surface area contributed by atoms with Gasteiger partial charge in [0.25, 0.3) is 0 Å². The van der Waals surface area contributed by atoms with Crippen molar-refractivity contribution in [3.8, 4) is 0 Å². The number of hydrogen-bond acceptors (Lipinski definition) is 7. The maximum absolute atomic E-state index is 4.40. The molecule has 0 fully saturated rings. The maximum Gasteiger partial charge on any atom is 0.0226 e. The molecule has 2 atom stereocenters. The molecule has 17 heavy (non-hydrogen) atoms. The lowest BCUT2D eigenvalue weighted by molar-refractivity contribution is 1.12. The van der Waals surface area contributed by atoms with Crippen LogP contribution in [0.5, 0.6) is 0 Å². The van der Waals surface area contributed by atoms with E-state index in [-0.39, 0.29) is 0 Å². The second-order valence-corrected chi connectivity index (χ2v) is 8.85. The lowest BCUT2D eigenvalue weighted by Crippen LogP contribution is -2.14. The summed E-state index contributed by atoms with van der Waals surface area (Å²) in [5.41, 5.74) is 0. The number of thiol groups is 4. The lowest BCUT2D eigenvalue weighted by atomic mass is 10.5. The van der Waals surface area contributed by atoms with Gasteiger partial charge in [-0.3, -0.25) is 0 Å². The van der Waals surface area contributed by atoms with E-state index in [1.807, 2.05) is 35.3 Å². The molecule has 104 valence electrons. The highest BCUT2D eigenvalue weighted by Gasteiger charge is 2.10. The van der Waals surface area contributed by atoms with Crippen molar-refractivity contribution in [1.29, 1.82) is 0 Å². The van der Waals surface area contributed by atoms with Crippen molar-refractivity contribution < 1.29 is 0 Å². The van der Waals surface area contributed by atoms with E-state index < -0.39 is 0 Å². The van der Waals surface area contributed by atoms with Gasteiger partial charge in [0.1, 0.15) is 0 Å². The Kier molecular flexibility index (Phi) is 17.0. The topological polar surface area (TPSA) is 0 Å². The van der Waals surface area contributed by atoms with Gasteiger partial charge in [-0.15, -0.1) is 0 Å². The van der Waals surface area contributed by atoms with Crippen LogP contribution in [0.3, 0.4) is 0 Å². The van der Waals surface area contributed by atoms with Crippen LogP contribution in [-0.4, -0.2) is 56.5 Å². The molecule has 0 nitrogen and oxygen atoms in total. The average molecular weight is 367 g/mol. The Hall–Kier alpha value is 2.45. The molecule has 0 aliphatic heterocycles. The van der Waals surface area contributed by atoms with Crippen LogP contribution >= 0.6 is 85.8 Å². The average Bonchev–Trinajstić information content (AvgIpc) is 2.37. The van der Waals surface area contributed by atoms with Gasteiger partial charge in [-0.2, -0.15) is 85.8 Å². The van der Waals surface area contributed by atoms with E-state index >= 15 is 0 Å². The molecule has 0 amide bonds. The molecule has 0 bridgehead atoms. The molecule has 0 aromatic carbocycles. The van der Waals surface area contributed by atoms with Gasteiger partial charge in [0.05, 0.1) is 0 Å². The molecule has 0 aliphatic rings. The van der Waals surface area contributed by atoms with E-state index in [1.165, 1.54) is 11.5 Å². The molecule has 0 heterocycles. The zero-order chi connectivity index (χ0) is 12.9. The van der Waals surface area contributed by atoms with Gasteiger partial charge in [0, 0.05) is 45.0 Å². The summed E-state index contributed by atoms with van der Waals surface area (Å²) in [5, 5.41) is 1.32. The van der Waals surface area contributed by atoms with E-state index in [1.54, 1.807) is 0 Å². The molecular formula is C10H22S7. The van der Waals surface area contributed by atoms with Gasteiger partial charge in [0.15, 0.2) is 0 Å². The minimum absolute atomic E-state index is 0.658. The van der Waals surface area contributed by atoms with Crippen LogP contribution in [-0.2, 0) is 0 Å². The summed E-state index contributed by atoms with van der Waals surface area (Å²) in [5.74, 6) is 8.45. The quantitative estimate of drug-likeness (QED) is 0.390. The van der Waals surface area contributed by atoms with Crippen molar-refractivity contribution in [2.75, 3.05) is 46.0 Å². The first-order valence-electron chi connectivity index (χ1n) is 5.52. The van der Waals surface area contributed by atoms with Crippen LogP contribution in [0.4, 0.5) is 0 Å². The largest absolute Gasteiger partial charge is 0.179 e. The van der Waals surface area contributed by atoms with E-state index in [9.17, 15) is 0 Å². The van der Waals surface area contributed by atoms with Crippen molar-refractivity contribution in [2.24, 2.45) is 0 Å². The standard InChI is InChI=1S/C10H22S7/c11-1-3-16-9(5-13)7-15-8-10(6-14)17-4-2-12/h9-14H,1-8H2/t9-,10-/m0/s1. The maximum atomic E-state index is 4.40. The highest BCUT2D eigenvalue weighted by atomic mass is 32.2. The Morgan fingerprint density at radius 3 is 1.41 bits per heavy atom. The first-order valence-corrected chi connectivity index (χ1v) is 11.3. The summed E-state index contributed by atoms with van der Waals surface area (Å²) in [6, 6.07) is 0. The van der Waals surface area contributed by atoms with E-state index in [2.05, 4.69) is 50.5 Å². The summed E-state index contributed by atoms with van der Waals surface area (Å²) >= 11 is 23.3. The fourth-order valence-corrected chi connectivity index (χ4v) is 6.28. The van der Waals surface area contributed by atoms with Crippen LogP contribution in [0.2, 0.25) is 0 Å². The van der Waals surface area contributed by atoms with Gasteiger partial charge in [-0.1, -0.05) is 0 Å². The number of rotatable bonds is 12. The number of hydrogen-bond donors (Lipinski definition) is 4. The van der Waals surface area contributed by atoms with Crippen molar-refractivity contribution in [1.82, 2.24) is 0 Å². The van der Waals surface area contributed by atoms with Crippen LogP contribution in [0.1, 0.15) is 0 Å². The molecule has 0 unspecified atom stereocenters. The molecule has 7 heteroatoms. The molecule has 0 spiro atoms. The third-order valence-corrected chi connectivity index (χ3v) is 8.52. The molecule has 0 radical (unpaired) electrons. The second kappa shape index (κ2) is 14.9. The fraction of sp³-hybridized carbons (Fsp3) is 1.00. The monoisotopic (exact) mass is 366 g/mol. The van der Waals surface area contributed by atoms with Gasteiger partial charge in [-0.25, -0.2) is 0 Å². The van der Waals surface area contributed by atoms with Crippen LogP contribution in [0, 0.1) is 0 Å². The third kappa shape index (κ3) is 11.9. The van der Waals surface area contributed by atoms with E-state index in [4.69, 9.17) is 0 Å². The predicted octanol–water partition coefficient (Wildman–Crippen LogP) is 3.64. The smallest absolute Gasteiger partial charge is 0.0226 e. The Morgan fingerprint density at radius 1 is 0.706 bits per heavy atom. The Balaban J connectivity index is 3.61. The highest BCUT2D eigenvalue weighted by molar-refractivity contribution is 8.05. The zero-order valence-electron chi connectivity index (χ0n) is 9.83. The van der Waals surface area contributed by atoms with Gasteiger partial charge in [0.2, 0.25) is 0 Å². The molecule has 0 rings (SSSR count). The molecule has 0 saturated carbocycles. The van der Waals surface area contributed by atoms with Gasteiger partial charge < -0.3 is 0 Å². The lowest BCUT2D eigenvalue weighted by Gasteiger charge is -2.16. The molecule has 0 aromatic heterocycles. The van der Waals surface area contributed by atoms with E-state index in [0.29, 0.717) is 10.5 Å². The Bertz CT molecular complexity index is 140. The van der Waals surface area contributed by atoms with Crippen LogP contribution < -0.4 is 0 Å². The van der Waals surface area contributed by atoms with Gasteiger partial charge >= 0.3 is 0 Å². The summed E-state index contributed by atoms with van der Waals surface area (Å²) in [6.07, 6.45) is 0. The van der Waals surface area contributed by atoms with Crippen LogP contribution in [0.15, 0.2) is 0 Å².